The van der Waals surface area contributed by atoms with Gasteiger partial charge < -0.3 is 10.7 Å². The minimum absolute atomic E-state index is 0.227. The first-order chi connectivity index (χ1) is 8.28. The lowest BCUT2D eigenvalue weighted by atomic mass is 9.96. The highest BCUT2D eigenvalue weighted by Gasteiger charge is 2.29. The summed E-state index contributed by atoms with van der Waals surface area (Å²) in [6.45, 7) is 0.704. The topological polar surface area (TPSA) is 54.7 Å². The lowest BCUT2D eigenvalue weighted by Gasteiger charge is -2.14. The van der Waals surface area contributed by atoms with Gasteiger partial charge in [-0.2, -0.15) is 0 Å². The highest BCUT2D eigenvalue weighted by atomic mass is 19.1. The molecule has 2 atom stereocenters. The van der Waals surface area contributed by atoms with Gasteiger partial charge in [0.15, 0.2) is 0 Å². The Labute approximate surface area is 99.2 Å². The van der Waals surface area contributed by atoms with Gasteiger partial charge in [0.2, 0.25) is 0 Å². The maximum Gasteiger partial charge on any atom is 0.125 e. The number of H-pyrrole nitrogens is 1. The number of hydrogen-bond donors (Lipinski definition) is 2. The maximum absolute atomic E-state index is 13.1. The second kappa shape index (κ2) is 4.11. The van der Waals surface area contributed by atoms with Gasteiger partial charge in [-0.15, -0.1) is 0 Å². The molecule has 1 aliphatic rings. The molecule has 0 aliphatic heterocycles. The van der Waals surface area contributed by atoms with Crippen LogP contribution in [0, 0.1) is 11.7 Å². The quantitative estimate of drug-likeness (QED) is 0.837. The van der Waals surface area contributed by atoms with Gasteiger partial charge in [-0.25, -0.2) is 9.37 Å². The number of nitrogens with one attached hydrogen (secondary N) is 1. The van der Waals surface area contributed by atoms with Crippen LogP contribution in [0.2, 0.25) is 0 Å². The summed E-state index contributed by atoms with van der Waals surface area (Å²) in [4.78, 5) is 7.79. The number of rotatable bonds is 2. The Morgan fingerprint density at radius 2 is 2.29 bits per heavy atom. The Hall–Kier alpha value is -1.42. The van der Waals surface area contributed by atoms with Gasteiger partial charge in [0.1, 0.15) is 11.6 Å². The summed E-state index contributed by atoms with van der Waals surface area (Å²) in [5, 5.41) is 0. The first-order valence-electron chi connectivity index (χ1n) is 6.13. The number of aromatic amines is 1. The summed E-state index contributed by atoms with van der Waals surface area (Å²) < 4.78 is 13.1. The van der Waals surface area contributed by atoms with Crippen molar-refractivity contribution in [2.75, 3.05) is 6.54 Å². The first kappa shape index (κ1) is 10.7. The number of hydrogen-bond acceptors (Lipinski definition) is 2. The second-order valence-electron chi connectivity index (χ2n) is 4.82. The Kier molecular flexibility index (Phi) is 2.59. The van der Waals surface area contributed by atoms with Gasteiger partial charge in [0, 0.05) is 5.92 Å². The Morgan fingerprint density at radius 1 is 1.41 bits per heavy atom. The fourth-order valence-corrected chi connectivity index (χ4v) is 2.86. The molecule has 3 rings (SSSR count). The van der Waals surface area contributed by atoms with Crippen LogP contribution in [-0.2, 0) is 0 Å². The van der Waals surface area contributed by atoms with E-state index in [1.54, 1.807) is 6.07 Å². The number of aromatic nitrogens is 2. The summed E-state index contributed by atoms with van der Waals surface area (Å²) in [5.74, 6) is 1.67. The van der Waals surface area contributed by atoms with E-state index in [9.17, 15) is 4.39 Å². The SMILES string of the molecule is NCC1CCCC1c1nc2ccc(F)cc2[nH]1. The summed E-state index contributed by atoms with van der Waals surface area (Å²) in [5.41, 5.74) is 7.40. The first-order valence-corrected chi connectivity index (χ1v) is 6.13. The van der Waals surface area contributed by atoms with Crippen molar-refractivity contribution < 1.29 is 4.39 Å². The molecule has 4 heteroatoms. The molecular weight excluding hydrogens is 217 g/mol. The van der Waals surface area contributed by atoms with E-state index < -0.39 is 0 Å². The van der Waals surface area contributed by atoms with E-state index in [-0.39, 0.29) is 5.82 Å². The molecule has 1 aliphatic carbocycles. The third kappa shape index (κ3) is 1.82. The molecule has 3 nitrogen and oxygen atoms in total. The molecule has 0 amide bonds. The average Bonchev–Trinajstić information content (AvgIpc) is 2.93. The Bertz CT molecular complexity index is 534. The standard InChI is InChI=1S/C13H16FN3/c14-9-4-5-11-12(6-9)17-13(16-11)10-3-1-2-8(10)7-15/h4-6,8,10H,1-3,7,15H2,(H,16,17). The van der Waals surface area contributed by atoms with E-state index in [4.69, 9.17) is 5.73 Å². The van der Waals surface area contributed by atoms with Crippen LogP contribution in [0.3, 0.4) is 0 Å². The van der Waals surface area contributed by atoms with Crippen molar-refractivity contribution in [3.8, 4) is 0 Å². The molecule has 1 heterocycles. The summed E-state index contributed by atoms with van der Waals surface area (Å²) in [6, 6.07) is 4.66. The molecule has 0 radical (unpaired) electrons. The van der Waals surface area contributed by atoms with Crippen LogP contribution in [0.25, 0.3) is 11.0 Å². The maximum atomic E-state index is 13.1. The van der Waals surface area contributed by atoms with E-state index in [1.807, 2.05) is 0 Å². The number of imidazole rings is 1. The molecule has 0 saturated heterocycles. The van der Waals surface area contributed by atoms with Crippen molar-refractivity contribution in [1.29, 1.82) is 0 Å². The molecule has 90 valence electrons. The molecule has 17 heavy (non-hydrogen) atoms. The molecule has 1 saturated carbocycles. The van der Waals surface area contributed by atoms with Gasteiger partial charge in [-0.1, -0.05) is 6.42 Å². The molecule has 1 aromatic carbocycles. The molecule has 3 N–H and O–H groups in total. The molecular formula is C13H16FN3. The smallest absolute Gasteiger partial charge is 0.125 e. The average molecular weight is 233 g/mol. The summed E-state index contributed by atoms with van der Waals surface area (Å²) >= 11 is 0. The molecule has 2 aromatic rings. The van der Waals surface area contributed by atoms with Crippen LogP contribution in [0.5, 0.6) is 0 Å². The number of benzene rings is 1. The number of halogens is 1. The van der Waals surface area contributed by atoms with Crippen molar-refractivity contribution in [3.63, 3.8) is 0 Å². The minimum Gasteiger partial charge on any atom is -0.342 e. The molecule has 1 fully saturated rings. The van der Waals surface area contributed by atoms with Crippen LogP contribution in [0.1, 0.15) is 31.0 Å². The number of fused-ring (bicyclic) bond motifs is 1. The third-order valence-corrected chi connectivity index (χ3v) is 3.78. The van der Waals surface area contributed by atoms with Gasteiger partial charge in [0.05, 0.1) is 11.0 Å². The zero-order valence-corrected chi connectivity index (χ0v) is 9.62. The molecule has 0 bridgehead atoms. The van der Waals surface area contributed by atoms with Crippen LogP contribution in [-0.4, -0.2) is 16.5 Å². The van der Waals surface area contributed by atoms with E-state index in [0.29, 0.717) is 18.4 Å². The van der Waals surface area contributed by atoms with Crippen molar-refractivity contribution in [1.82, 2.24) is 9.97 Å². The van der Waals surface area contributed by atoms with E-state index in [2.05, 4.69) is 9.97 Å². The third-order valence-electron chi connectivity index (χ3n) is 3.78. The highest BCUT2D eigenvalue weighted by Crippen LogP contribution is 2.38. The lowest BCUT2D eigenvalue weighted by Crippen LogP contribution is -2.17. The summed E-state index contributed by atoms with van der Waals surface area (Å²) in [6.07, 6.45) is 3.51. The molecule has 0 spiro atoms. The summed E-state index contributed by atoms with van der Waals surface area (Å²) in [7, 11) is 0. The van der Waals surface area contributed by atoms with Gasteiger partial charge >= 0.3 is 0 Å². The normalized spacial score (nSPS) is 24.6. The fraction of sp³-hybridized carbons (Fsp3) is 0.462. The van der Waals surface area contributed by atoms with Crippen LogP contribution in [0.15, 0.2) is 18.2 Å². The van der Waals surface area contributed by atoms with Crippen LogP contribution in [0.4, 0.5) is 4.39 Å². The fourth-order valence-electron chi connectivity index (χ4n) is 2.86. The Balaban J connectivity index is 2.00. The Morgan fingerprint density at radius 3 is 3.12 bits per heavy atom. The zero-order valence-electron chi connectivity index (χ0n) is 9.62. The minimum atomic E-state index is -0.227. The highest BCUT2D eigenvalue weighted by molar-refractivity contribution is 5.75. The van der Waals surface area contributed by atoms with Gasteiger partial charge in [0.25, 0.3) is 0 Å². The van der Waals surface area contributed by atoms with E-state index >= 15 is 0 Å². The van der Waals surface area contributed by atoms with Crippen LogP contribution >= 0.6 is 0 Å². The van der Waals surface area contributed by atoms with Crippen molar-refractivity contribution in [2.24, 2.45) is 11.7 Å². The van der Waals surface area contributed by atoms with Gasteiger partial charge in [-0.05, 0) is 43.5 Å². The van der Waals surface area contributed by atoms with E-state index in [0.717, 1.165) is 23.3 Å². The monoisotopic (exact) mass is 233 g/mol. The predicted octanol–water partition coefficient (Wildman–Crippen LogP) is 2.54. The number of nitrogens with two attached hydrogens (primary N) is 1. The van der Waals surface area contributed by atoms with Crippen molar-refractivity contribution in [2.45, 2.75) is 25.2 Å². The van der Waals surface area contributed by atoms with Crippen molar-refractivity contribution in [3.05, 3.63) is 29.8 Å². The molecule has 1 aromatic heterocycles. The largest absolute Gasteiger partial charge is 0.342 e. The molecule has 2 unspecified atom stereocenters. The van der Waals surface area contributed by atoms with E-state index in [1.165, 1.54) is 25.0 Å². The van der Waals surface area contributed by atoms with Gasteiger partial charge in [-0.3, -0.25) is 0 Å². The second-order valence-corrected chi connectivity index (χ2v) is 4.82. The predicted molar refractivity (Wildman–Crippen MR) is 65.2 cm³/mol. The number of nitrogens with zero attached hydrogens (tertiary/aromatic N) is 1. The van der Waals surface area contributed by atoms with Crippen LogP contribution < -0.4 is 5.73 Å². The zero-order chi connectivity index (χ0) is 11.8. The van der Waals surface area contributed by atoms with Crippen molar-refractivity contribution >= 4 is 11.0 Å². The lowest BCUT2D eigenvalue weighted by molar-refractivity contribution is 0.481.